The molecule has 0 spiro atoms. The molecular formula is C27H33N3O3. The fourth-order valence-electron chi connectivity index (χ4n) is 4.23. The fraction of sp³-hybridized carbons (Fsp3) is 0.370. The average Bonchev–Trinajstić information content (AvgIpc) is 2.82. The monoisotopic (exact) mass is 447 g/mol. The van der Waals surface area contributed by atoms with Crippen LogP contribution in [-0.2, 0) is 11.2 Å². The molecule has 0 aliphatic rings. The Morgan fingerprint density at radius 3 is 2.36 bits per heavy atom. The van der Waals surface area contributed by atoms with Crippen molar-refractivity contribution in [2.75, 3.05) is 7.05 Å². The van der Waals surface area contributed by atoms with Gasteiger partial charge in [0.1, 0.15) is 5.69 Å². The number of aliphatic hydroxyl groups is 1. The number of hydrogen-bond acceptors (Lipinski definition) is 4. The second kappa shape index (κ2) is 11.6. The Morgan fingerprint density at radius 2 is 1.67 bits per heavy atom. The van der Waals surface area contributed by atoms with E-state index in [1.807, 2.05) is 60.7 Å². The molecule has 0 aliphatic heterocycles. The van der Waals surface area contributed by atoms with Crippen molar-refractivity contribution in [2.24, 2.45) is 11.8 Å². The molecule has 3 N–H and O–H groups in total. The lowest BCUT2D eigenvalue weighted by molar-refractivity contribution is -0.126. The summed E-state index contributed by atoms with van der Waals surface area (Å²) < 4.78 is 0. The maximum absolute atomic E-state index is 13.3. The van der Waals surface area contributed by atoms with E-state index in [0.29, 0.717) is 24.5 Å². The summed E-state index contributed by atoms with van der Waals surface area (Å²) in [5, 5.41) is 18.6. The Balaban J connectivity index is 1.85. The first-order valence-electron chi connectivity index (χ1n) is 11.5. The fourth-order valence-corrected chi connectivity index (χ4v) is 4.23. The number of carbonyl (C=O) groups excluding carboxylic acids is 2. The summed E-state index contributed by atoms with van der Waals surface area (Å²) in [4.78, 5) is 30.0. The molecule has 3 atom stereocenters. The minimum Gasteiger partial charge on any atom is -0.391 e. The summed E-state index contributed by atoms with van der Waals surface area (Å²) >= 11 is 0. The van der Waals surface area contributed by atoms with Crippen LogP contribution in [0, 0.1) is 11.8 Å². The Kier molecular flexibility index (Phi) is 8.55. The van der Waals surface area contributed by atoms with Crippen LogP contribution in [-0.4, -0.2) is 41.1 Å². The first-order valence-corrected chi connectivity index (χ1v) is 11.5. The van der Waals surface area contributed by atoms with Crippen molar-refractivity contribution in [1.82, 2.24) is 15.6 Å². The third-order valence-corrected chi connectivity index (χ3v) is 5.87. The van der Waals surface area contributed by atoms with E-state index >= 15 is 0 Å². The Bertz CT molecular complexity index is 1060. The van der Waals surface area contributed by atoms with Gasteiger partial charge in [0, 0.05) is 24.5 Å². The molecule has 0 saturated carbocycles. The highest BCUT2D eigenvalue weighted by molar-refractivity contribution is 6.05. The molecule has 0 fully saturated rings. The molecule has 3 rings (SSSR count). The van der Waals surface area contributed by atoms with Crippen LogP contribution in [0.25, 0.3) is 10.8 Å². The first kappa shape index (κ1) is 24.4. The highest BCUT2D eigenvalue weighted by Gasteiger charge is 2.29. The zero-order valence-corrected chi connectivity index (χ0v) is 19.5. The van der Waals surface area contributed by atoms with E-state index in [4.69, 9.17) is 0 Å². The van der Waals surface area contributed by atoms with Gasteiger partial charge in [0.2, 0.25) is 5.91 Å². The van der Waals surface area contributed by atoms with Crippen molar-refractivity contribution in [2.45, 2.75) is 45.3 Å². The van der Waals surface area contributed by atoms with Crippen LogP contribution in [0.3, 0.4) is 0 Å². The summed E-state index contributed by atoms with van der Waals surface area (Å²) in [7, 11) is 1.61. The van der Waals surface area contributed by atoms with E-state index in [-0.39, 0.29) is 24.2 Å². The normalized spacial score (nSPS) is 14.0. The van der Waals surface area contributed by atoms with Gasteiger partial charge in [0.05, 0.1) is 12.1 Å². The molecule has 1 heterocycles. The van der Waals surface area contributed by atoms with Gasteiger partial charge in [-0.1, -0.05) is 68.4 Å². The molecule has 6 nitrogen and oxygen atoms in total. The maximum atomic E-state index is 13.3. The number of aliphatic hydroxyl groups excluding tert-OH is 1. The minimum atomic E-state index is -0.898. The van der Waals surface area contributed by atoms with Crippen molar-refractivity contribution in [3.05, 3.63) is 78.1 Å². The van der Waals surface area contributed by atoms with E-state index in [2.05, 4.69) is 29.5 Å². The molecule has 6 heteroatoms. The lowest BCUT2D eigenvalue weighted by Gasteiger charge is -2.28. The second-order valence-corrected chi connectivity index (χ2v) is 8.89. The summed E-state index contributed by atoms with van der Waals surface area (Å²) in [5.74, 6) is -0.465. The van der Waals surface area contributed by atoms with E-state index in [9.17, 15) is 14.7 Å². The smallest absolute Gasteiger partial charge is 0.270 e. The highest BCUT2D eigenvalue weighted by atomic mass is 16.3. The number of benzene rings is 2. The van der Waals surface area contributed by atoms with Crippen LogP contribution in [0.15, 0.2) is 66.9 Å². The second-order valence-electron chi connectivity index (χ2n) is 8.89. The maximum Gasteiger partial charge on any atom is 0.270 e. The number of aromatic nitrogens is 1. The number of hydrogen-bond donors (Lipinski definition) is 3. The lowest BCUT2D eigenvalue weighted by atomic mass is 9.87. The van der Waals surface area contributed by atoms with Crippen molar-refractivity contribution in [1.29, 1.82) is 0 Å². The largest absolute Gasteiger partial charge is 0.391 e. The van der Waals surface area contributed by atoms with E-state index < -0.39 is 12.1 Å². The molecule has 3 aromatic rings. The summed E-state index contributed by atoms with van der Waals surface area (Å²) in [6, 6.07) is 18.6. The van der Waals surface area contributed by atoms with Crippen molar-refractivity contribution >= 4 is 22.6 Å². The quantitative estimate of drug-likeness (QED) is 0.442. The summed E-state index contributed by atoms with van der Waals surface area (Å²) in [6.45, 7) is 4.11. The molecule has 0 aliphatic carbocycles. The van der Waals surface area contributed by atoms with Gasteiger partial charge < -0.3 is 15.7 Å². The summed E-state index contributed by atoms with van der Waals surface area (Å²) in [6.07, 6.45) is 2.09. The SMILES string of the molecule is CNC(=O)[C@H](CC(C)C)C[C@H](O)[C@H](Cc1ccccc1)NC(=O)c1nccc2ccccc12. The zero-order valence-electron chi connectivity index (χ0n) is 19.5. The van der Waals surface area contributed by atoms with Gasteiger partial charge in [-0.25, -0.2) is 0 Å². The van der Waals surface area contributed by atoms with Crippen molar-refractivity contribution < 1.29 is 14.7 Å². The number of nitrogens with zero attached hydrogens (tertiary/aromatic N) is 1. The molecule has 2 amide bonds. The molecule has 1 aromatic heterocycles. The predicted octanol–water partition coefficient (Wildman–Crippen LogP) is 3.74. The molecule has 174 valence electrons. The standard InChI is InChI=1S/C27H33N3O3/c1-18(2)15-21(26(32)28-3)17-24(31)23(16-19-9-5-4-6-10-19)30-27(33)25-22-12-8-7-11-20(22)13-14-29-25/h4-14,18,21,23-24,31H,15-17H2,1-3H3,(H,28,32)(H,30,33)/t21-,23+,24+/m1/s1. The van der Waals surface area contributed by atoms with Crippen LogP contribution >= 0.6 is 0 Å². The molecule has 0 saturated heterocycles. The lowest BCUT2D eigenvalue weighted by Crippen LogP contribution is -2.47. The number of pyridine rings is 1. The van der Waals surface area contributed by atoms with Crippen LogP contribution in [0.4, 0.5) is 0 Å². The minimum absolute atomic E-state index is 0.0942. The summed E-state index contributed by atoms with van der Waals surface area (Å²) in [5.41, 5.74) is 1.32. The Hall–Kier alpha value is -3.25. The number of carbonyl (C=O) groups is 2. The highest BCUT2D eigenvalue weighted by Crippen LogP contribution is 2.22. The molecule has 0 radical (unpaired) electrons. The number of nitrogens with one attached hydrogen (secondary N) is 2. The van der Waals surface area contributed by atoms with Gasteiger partial charge in [-0.2, -0.15) is 0 Å². The molecule has 0 bridgehead atoms. The van der Waals surface area contributed by atoms with E-state index in [0.717, 1.165) is 16.3 Å². The number of rotatable bonds is 10. The van der Waals surface area contributed by atoms with Gasteiger partial charge in [-0.3, -0.25) is 14.6 Å². The van der Waals surface area contributed by atoms with Gasteiger partial charge in [-0.15, -0.1) is 0 Å². The van der Waals surface area contributed by atoms with Crippen molar-refractivity contribution in [3.8, 4) is 0 Å². The van der Waals surface area contributed by atoms with Gasteiger partial charge in [0.25, 0.3) is 5.91 Å². The first-order chi connectivity index (χ1) is 15.9. The Morgan fingerprint density at radius 1 is 0.970 bits per heavy atom. The van der Waals surface area contributed by atoms with Gasteiger partial charge in [-0.05, 0) is 42.2 Å². The molecule has 0 unspecified atom stereocenters. The predicted molar refractivity (Wildman–Crippen MR) is 131 cm³/mol. The third kappa shape index (κ3) is 6.62. The molecular weight excluding hydrogens is 414 g/mol. The van der Waals surface area contributed by atoms with E-state index in [1.165, 1.54) is 0 Å². The average molecular weight is 448 g/mol. The van der Waals surface area contributed by atoms with Gasteiger partial charge >= 0.3 is 0 Å². The Labute approximate surface area is 195 Å². The molecule has 2 aromatic carbocycles. The van der Waals surface area contributed by atoms with Crippen LogP contribution < -0.4 is 10.6 Å². The third-order valence-electron chi connectivity index (χ3n) is 5.87. The van der Waals surface area contributed by atoms with Crippen LogP contribution in [0.5, 0.6) is 0 Å². The van der Waals surface area contributed by atoms with Crippen LogP contribution in [0.2, 0.25) is 0 Å². The topological polar surface area (TPSA) is 91.3 Å². The zero-order chi connectivity index (χ0) is 23.8. The van der Waals surface area contributed by atoms with Crippen LogP contribution in [0.1, 0.15) is 42.7 Å². The number of fused-ring (bicyclic) bond motifs is 1. The van der Waals surface area contributed by atoms with E-state index in [1.54, 1.807) is 13.2 Å². The molecule has 33 heavy (non-hydrogen) atoms. The van der Waals surface area contributed by atoms with Gasteiger partial charge in [0.15, 0.2) is 0 Å². The van der Waals surface area contributed by atoms with Crippen molar-refractivity contribution in [3.63, 3.8) is 0 Å². The number of amides is 2.